The van der Waals surface area contributed by atoms with Crippen LogP contribution in [0, 0.1) is 0 Å². The number of nitrogens with zero attached hydrogens (tertiary/aromatic N) is 1. The molecule has 0 fully saturated rings. The van der Waals surface area contributed by atoms with Crippen LogP contribution >= 0.6 is 0 Å². The molecule has 1 N–H and O–H groups in total. The van der Waals surface area contributed by atoms with E-state index in [2.05, 4.69) is 5.32 Å². The normalized spacial score (nSPS) is 11.6. The maximum atomic E-state index is 12.0. The number of hydrogen-bond donors (Lipinski definition) is 1. The van der Waals surface area contributed by atoms with Crippen molar-refractivity contribution in [1.82, 2.24) is 4.57 Å². The fraction of sp³-hybridized carbons (Fsp3) is 0.357. The fourth-order valence-corrected chi connectivity index (χ4v) is 1.77. The summed E-state index contributed by atoms with van der Waals surface area (Å²) in [5.74, 6) is 0. The van der Waals surface area contributed by atoms with Crippen molar-refractivity contribution in [3.8, 4) is 0 Å². The van der Waals surface area contributed by atoms with Crippen molar-refractivity contribution in [2.75, 3.05) is 12.4 Å². The zero-order valence-corrected chi connectivity index (χ0v) is 11.2. The number of rotatable bonds is 1. The number of fused-ring (bicyclic) bond motifs is 1. The summed E-state index contributed by atoms with van der Waals surface area (Å²) in [5.41, 5.74) is 1.38. The van der Waals surface area contributed by atoms with Gasteiger partial charge in [-0.25, -0.2) is 4.79 Å². The molecule has 0 amide bonds. The largest absolute Gasteiger partial charge is 0.443 e. The van der Waals surface area contributed by atoms with Gasteiger partial charge in [-0.05, 0) is 45.0 Å². The third kappa shape index (κ3) is 2.47. The van der Waals surface area contributed by atoms with E-state index in [1.54, 1.807) is 6.20 Å². The number of carbonyl (C=O) groups excluding carboxylic acids is 1. The quantitative estimate of drug-likeness (QED) is 0.837. The van der Waals surface area contributed by atoms with Gasteiger partial charge >= 0.3 is 6.09 Å². The van der Waals surface area contributed by atoms with E-state index in [9.17, 15) is 4.79 Å². The third-order valence-corrected chi connectivity index (χ3v) is 2.57. The predicted molar refractivity (Wildman–Crippen MR) is 73.1 cm³/mol. The van der Waals surface area contributed by atoms with E-state index in [1.807, 2.05) is 52.1 Å². The Morgan fingerprint density at radius 2 is 2.00 bits per heavy atom. The number of hydrogen-bond acceptors (Lipinski definition) is 3. The zero-order valence-electron chi connectivity index (χ0n) is 11.2. The van der Waals surface area contributed by atoms with E-state index >= 15 is 0 Å². The molecule has 0 unspecified atom stereocenters. The van der Waals surface area contributed by atoms with Crippen molar-refractivity contribution in [1.29, 1.82) is 0 Å². The molecule has 2 aromatic rings. The molecule has 1 aromatic carbocycles. The lowest BCUT2D eigenvalue weighted by Gasteiger charge is -2.19. The van der Waals surface area contributed by atoms with Gasteiger partial charge in [0.05, 0.1) is 5.52 Å². The second-order valence-electron chi connectivity index (χ2n) is 5.19. The first-order chi connectivity index (χ1) is 8.40. The van der Waals surface area contributed by atoms with Gasteiger partial charge in [0, 0.05) is 24.3 Å². The molecule has 0 aliphatic heterocycles. The molecular formula is C14H18N2O2. The van der Waals surface area contributed by atoms with E-state index in [-0.39, 0.29) is 6.09 Å². The van der Waals surface area contributed by atoms with Gasteiger partial charge < -0.3 is 10.1 Å². The summed E-state index contributed by atoms with van der Waals surface area (Å²) in [4.78, 5) is 12.0. The van der Waals surface area contributed by atoms with Crippen LogP contribution in [0.3, 0.4) is 0 Å². The monoisotopic (exact) mass is 246 g/mol. The minimum atomic E-state index is -0.488. The van der Waals surface area contributed by atoms with Gasteiger partial charge in [0.1, 0.15) is 5.60 Å². The van der Waals surface area contributed by atoms with E-state index in [0.717, 1.165) is 16.6 Å². The predicted octanol–water partition coefficient (Wildman–Crippen LogP) is 3.47. The third-order valence-electron chi connectivity index (χ3n) is 2.57. The maximum absolute atomic E-state index is 12.0. The Morgan fingerprint density at radius 3 is 2.61 bits per heavy atom. The molecule has 0 saturated carbocycles. The van der Waals surface area contributed by atoms with Crippen molar-refractivity contribution < 1.29 is 9.53 Å². The summed E-state index contributed by atoms with van der Waals surface area (Å²) in [6, 6.07) is 7.74. The highest BCUT2D eigenvalue weighted by atomic mass is 16.6. The van der Waals surface area contributed by atoms with Crippen LogP contribution in [0.4, 0.5) is 10.5 Å². The Hall–Kier alpha value is -1.97. The van der Waals surface area contributed by atoms with Crippen LogP contribution in [0.2, 0.25) is 0 Å². The van der Waals surface area contributed by atoms with Gasteiger partial charge in [-0.1, -0.05) is 0 Å². The highest BCUT2D eigenvalue weighted by Gasteiger charge is 2.18. The summed E-state index contributed by atoms with van der Waals surface area (Å²) >= 11 is 0. The summed E-state index contributed by atoms with van der Waals surface area (Å²) in [7, 11) is 1.87. The molecule has 0 aliphatic rings. The molecule has 18 heavy (non-hydrogen) atoms. The number of nitrogens with one attached hydrogen (secondary N) is 1. The lowest BCUT2D eigenvalue weighted by molar-refractivity contribution is 0.0544. The molecule has 0 bridgehead atoms. The molecule has 0 aliphatic carbocycles. The molecule has 2 rings (SSSR count). The first kappa shape index (κ1) is 12.5. The average Bonchev–Trinajstić information content (AvgIpc) is 2.69. The second-order valence-corrected chi connectivity index (χ2v) is 5.19. The van der Waals surface area contributed by atoms with Gasteiger partial charge in [0.25, 0.3) is 0 Å². The van der Waals surface area contributed by atoms with Crippen LogP contribution in [0.5, 0.6) is 0 Å². The van der Waals surface area contributed by atoms with E-state index in [1.165, 1.54) is 4.57 Å². The van der Waals surface area contributed by atoms with Crippen molar-refractivity contribution >= 4 is 22.7 Å². The van der Waals surface area contributed by atoms with Crippen LogP contribution in [0.1, 0.15) is 20.8 Å². The Balaban J connectivity index is 2.38. The smallest absolute Gasteiger partial charge is 0.418 e. The molecule has 0 atom stereocenters. The Kier molecular flexibility index (Phi) is 3.03. The molecule has 1 aromatic heterocycles. The molecule has 96 valence electrons. The Morgan fingerprint density at radius 1 is 1.28 bits per heavy atom. The molecule has 0 saturated heterocycles. The highest BCUT2D eigenvalue weighted by molar-refractivity contribution is 5.91. The fourth-order valence-electron chi connectivity index (χ4n) is 1.77. The maximum Gasteiger partial charge on any atom is 0.418 e. The SMILES string of the molecule is CNc1ccc2c(ccn2C(=O)OC(C)(C)C)c1. The lowest BCUT2D eigenvalue weighted by Crippen LogP contribution is -2.26. The minimum absolute atomic E-state index is 0.352. The molecule has 4 heteroatoms. The summed E-state index contributed by atoms with van der Waals surface area (Å²) < 4.78 is 6.88. The molecule has 4 nitrogen and oxygen atoms in total. The average molecular weight is 246 g/mol. The van der Waals surface area contributed by atoms with Crippen molar-refractivity contribution in [3.05, 3.63) is 30.5 Å². The molecule has 0 radical (unpaired) electrons. The topological polar surface area (TPSA) is 43.3 Å². The first-order valence-corrected chi connectivity index (χ1v) is 5.93. The number of aromatic nitrogens is 1. The summed E-state index contributed by atoms with van der Waals surface area (Å²) in [5, 5.41) is 4.08. The van der Waals surface area contributed by atoms with Crippen molar-refractivity contribution in [3.63, 3.8) is 0 Å². The molecule has 0 spiro atoms. The van der Waals surface area contributed by atoms with Gasteiger partial charge in [0.15, 0.2) is 0 Å². The van der Waals surface area contributed by atoms with E-state index in [4.69, 9.17) is 4.74 Å². The lowest BCUT2D eigenvalue weighted by atomic mass is 10.2. The highest BCUT2D eigenvalue weighted by Crippen LogP contribution is 2.21. The summed E-state index contributed by atoms with van der Waals surface area (Å²) in [6.45, 7) is 5.57. The van der Waals surface area contributed by atoms with Crippen LogP contribution in [0.25, 0.3) is 10.9 Å². The van der Waals surface area contributed by atoms with Crippen LogP contribution in [0.15, 0.2) is 30.5 Å². The van der Waals surface area contributed by atoms with E-state index in [0.29, 0.717) is 0 Å². The number of carbonyl (C=O) groups is 1. The molecule has 1 heterocycles. The number of ether oxygens (including phenoxy) is 1. The molecular weight excluding hydrogens is 228 g/mol. The number of anilines is 1. The zero-order chi connectivity index (χ0) is 13.3. The Bertz CT molecular complexity index is 579. The number of benzene rings is 1. The second kappa shape index (κ2) is 4.37. The van der Waals surface area contributed by atoms with E-state index < -0.39 is 5.60 Å². The first-order valence-electron chi connectivity index (χ1n) is 5.93. The Labute approximate surface area is 107 Å². The van der Waals surface area contributed by atoms with Gasteiger partial charge in [0.2, 0.25) is 0 Å². The van der Waals surface area contributed by atoms with Crippen LogP contribution < -0.4 is 5.32 Å². The standard InChI is InChI=1S/C14H18N2O2/c1-14(2,3)18-13(17)16-8-7-10-9-11(15-4)5-6-12(10)16/h5-9,15H,1-4H3. The van der Waals surface area contributed by atoms with Crippen LogP contribution in [-0.4, -0.2) is 23.3 Å². The van der Waals surface area contributed by atoms with Crippen molar-refractivity contribution in [2.24, 2.45) is 0 Å². The van der Waals surface area contributed by atoms with Gasteiger partial charge in [-0.3, -0.25) is 4.57 Å². The van der Waals surface area contributed by atoms with Gasteiger partial charge in [-0.15, -0.1) is 0 Å². The minimum Gasteiger partial charge on any atom is -0.443 e. The van der Waals surface area contributed by atoms with Crippen molar-refractivity contribution in [2.45, 2.75) is 26.4 Å². The van der Waals surface area contributed by atoms with Crippen LogP contribution in [-0.2, 0) is 4.74 Å². The van der Waals surface area contributed by atoms with Gasteiger partial charge in [-0.2, -0.15) is 0 Å². The summed E-state index contributed by atoms with van der Waals surface area (Å²) in [6.07, 6.45) is 1.38.